The van der Waals surface area contributed by atoms with E-state index in [9.17, 15) is 4.79 Å². The molecule has 6 nitrogen and oxygen atoms in total. The largest absolute Gasteiger partial charge is 0.359 e. The van der Waals surface area contributed by atoms with Gasteiger partial charge in [-0.2, -0.15) is 5.26 Å². The van der Waals surface area contributed by atoms with Crippen LogP contribution in [0.25, 0.3) is 0 Å². The fourth-order valence-corrected chi connectivity index (χ4v) is 2.27. The number of nitrogens with one attached hydrogen (secondary N) is 1. The highest BCUT2D eigenvalue weighted by molar-refractivity contribution is 5.83. The van der Waals surface area contributed by atoms with Gasteiger partial charge >= 0.3 is 0 Å². The Labute approximate surface area is 106 Å². The van der Waals surface area contributed by atoms with E-state index in [0.717, 1.165) is 6.42 Å². The number of carbonyl (C=O) groups excluding carboxylic acids is 1. The number of aromatic nitrogens is 2. The van der Waals surface area contributed by atoms with Crippen LogP contribution in [0.4, 0.5) is 5.82 Å². The van der Waals surface area contributed by atoms with Crippen molar-refractivity contribution in [3.05, 3.63) is 18.1 Å². The zero-order valence-corrected chi connectivity index (χ0v) is 10.5. The standard InChI is InChI=1S/C12H15N5O/c1-12(11(18)14-2)3-6-17(8-12)10-9(7-13)15-4-5-16-10/h4-5H,3,6,8H2,1-2H3,(H,14,18). The molecule has 6 heteroatoms. The van der Waals surface area contributed by atoms with Crippen LogP contribution in [-0.2, 0) is 4.79 Å². The summed E-state index contributed by atoms with van der Waals surface area (Å²) in [6, 6.07) is 2.03. The summed E-state index contributed by atoms with van der Waals surface area (Å²) in [4.78, 5) is 22.0. The van der Waals surface area contributed by atoms with Gasteiger partial charge in [0.25, 0.3) is 0 Å². The van der Waals surface area contributed by atoms with Crippen molar-refractivity contribution in [1.29, 1.82) is 5.26 Å². The molecule has 0 spiro atoms. The van der Waals surface area contributed by atoms with Gasteiger partial charge < -0.3 is 10.2 Å². The van der Waals surface area contributed by atoms with Crippen LogP contribution in [0.15, 0.2) is 12.4 Å². The third kappa shape index (κ3) is 1.99. The maximum absolute atomic E-state index is 11.8. The third-order valence-corrected chi connectivity index (χ3v) is 3.33. The molecule has 2 heterocycles. The Bertz CT molecular complexity index is 509. The average molecular weight is 245 g/mol. The van der Waals surface area contributed by atoms with Gasteiger partial charge in [-0.15, -0.1) is 0 Å². The zero-order chi connectivity index (χ0) is 13.2. The molecule has 0 aromatic carbocycles. The van der Waals surface area contributed by atoms with Crippen LogP contribution in [0, 0.1) is 16.7 Å². The predicted molar refractivity (Wildman–Crippen MR) is 65.8 cm³/mol. The average Bonchev–Trinajstić information content (AvgIpc) is 2.81. The number of hydrogen-bond acceptors (Lipinski definition) is 5. The SMILES string of the molecule is CNC(=O)C1(C)CCN(c2nccnc2C#N)C1. The summed E-state index contributed by atoms with van der Waals surface area (Å²) in [5.41, 5.74) is -0.127. The first-order chi connectivity index (χ1) is 8.60. The van der Waals surface area contributed by atoms with Gasteiger partial charge in [-0.3, -0.25) is 4.79 Å². The number of amides is 1. The number of carbonyl (C=O) groups is 1. The van der Waals surface area contributed by atoms with E-state index in [1.807, 2.05) is 17.9 Å². The Hall–Kier alpha value is -2.16. The summed E-state index contributed by atoms with van der Waals surface area (Å²) < 4.78 is 0. The Balaban J connectivity index is 2.24. The van der Waals surface area contributed by atoms with E-state index in [0.29, 0.717) is 24.6 Å². The highest BCUT2D eigenvalue weighted by atomic mass is 16.2. The maximum atomic E-state index is 11.8. The van der Waals surface area contributed by atoms with Gasteiger partial charge in [0.1, 0.15) is 6.07 Å². The lowest BCUT2D eigenvalue weighted by Crippen LogP contribution is -2.39. The zero-order valence-electron chi connectivity index (χ0n) is 10.5. The molecule has 0 bridgehead atoms. The number of hydrogen-bond donors (Lipinski definition) is 1. The monoisotopic (exact) mass is 245 g/mol. The molecule has 1 fully saturated rings. The van der Waals surface area contributed by atoms with Crippen LogP contribution in [0.5, 0.6) is 0 Å². The van der Waals surface area contributed by atoms with Crippen LogP contribution in [0.3, 0.4) is 0 Å². The molecular weight excluding hydrogens is 230 g/mol. The van der Waals surface area contributed by atoms with Gasteiger partial charge in [-0.25, -0.2) is 9.97 Å². The molecule has 94 valence electrons. The summed E-state index contributed by atoms with van der Waals surface area (Å²) in [6.45, 7) is 3.19. The van der Waals surface area contributed by atoms with Crippen LogP contribution in [0.1, 0.15) is 19.0 Å². The van der Waals surface area contributed by atoms with Crippen molar-refractivity contribution < 1.29 is 4.79 Å². The van der Waals surface area contributed by atoms with Gasteiger partial charge in [0, 0.05) is 32.5 Å². The van der Waals surface area contributed by atoms with Gasteiger partial charge in [0.15, 0.2) is 11.5 Å². The Morgan fingerprint density at radius 1 is 1.56 bits per heavy atom. The Morgan fingerprint density at radius 2 is 2.28 bits per heavy atom. The highest BCUT2D eigenvalue weighted by Crippen LogP contribution is 2.33. The van der Waals surface area contributed by atoms with E-state index in [-0.39, 0.29) is 5.91 Å². The first kappa shape index (κ1) is 12.3. The summed E-state index contributed by atoms with van der Waals surface area (Å²) >= 11 is 0. The second kappa shape index (κ2) is 4.61. The lowest BCUT2D eigenvalue weighted by atomic mass is 9.89. The van der Waals surface area contributed by atoms with E-state index in [2.05, 4.69) is 15.3 Å². The lowest BCUT2D eigenvalue weighted by molar-refractivity contribution is -0.128. The second-order valence-electron chi connectivity index (χ2n) is 4.65. The van der Waals surface area contributed by atoms with Crippen LogP contribution >= 0.6 is 0 Å². The van der Waals surface area contributed by atoms with E-state index in [1.54, 1.807) is 13.2 Å². The second-order valence-corrected chi connectivity index (χ2v) is 4.65. The summed E-state index contributed by atoms with van der Waals surface area (Å²) in [7, 11) is 1.64. The molecule has 18 heavy (non-hydrogen) atoms. The minimum atomic E-state index is -0.432. The van der Waals surface area contributed by atoms with Crippen molar-refractivity contribution in [2.45, 2.75) is 13.3 Å². The number of anilines is 1. The van der Waals surface area contributed by atoms with Crippen molar-refractivity contribution >= 4 is 11.7 Å². The molecule has 0 saturated carbocycles. The van der Waals surface area contributed by atoms with E-state index >= 15 is 0 Å². The fourth-order valence-electron chi connectivity index (χ4n) is 2.27. The molecule has 1 aromatic rings. The highest BCUT2D eigenvalue weighted by Gasteiger charge is 2.40. The molecular formula is C12H15N5O. The molecule has 1 N–H and O–H groups in total. The van der Waals surface area contributed by atoms with Gasteiger partial charge in [0.05, 0.1) is 5.41 Å². The molecule has 0 radical (unpaired) electrons. The first-order valence-corrected chi connectivity index (χ1v) is 5.79. The van der Waals surface area contributed by atoms with Crippen molar-refractivity contribution in [2.24, 2.45) is 5.41 Å². The minimum absolute atomic E-state index is 0.0207. The molecule has 1 unspecified atom stereocenters. The molecule has 1 aliphatic rings. The van der Waals surface area contributed by atoms with Crippen molar-refractivity contribution in [3.8, 4) is 6.07 Å². The van der Waals surface area contributed by atoms with Gasteiger partial charge in [-0.1, -0.05) is 0 Å². The number of nitriles is 1. The van der Waals surface area contributed by atoms with Crippen molar-refractivity contribution in [1.82, 2.24) is 15.3 Å². The topological polar surface area (TPSA) is 81.9 Å². The molecule has 1 aromatic heterocycles. The van der Waals surface area contributed by atoms with Gasteiger partial charge in [-0.05, 0) is 13.3 Å². The molecule has 1 atom stereocenters. The molecule has 2 rings (SSSR count). The number of nitrogens with zero attached hydrogens (tertiary/aromatic N) is 4. The summed E-state index contributed by atoms with van der Waals surface area (Å²) in [5.74, 6) is 0.583. The lowest BCUT2D eigenvalue weighted by Gasteiger charge is -2.23. The predicted octanol–water partition coefficient (Wildman–Crippen LogP) is 0.311. The van der Waals surface area contributed by atoms with E-state index < -0.39 is 5.41 Å². The Morgan fingerprint density at radius 3 is 2.94 bits per heavy atom. The first-order valence-electron chi connectivity index (χ1n) is 5.79. The number of rotatable bonds is 2. The van der Waals surface area contributed by atoms with Crippen LogP contribution in [-0.4, -0.2) is 36.0 Å². The Kier molecular flexibility index (Phi) is 3.15. The summed E-state index contributed by atoms with van der Waals surface area (Å²) in [5, 5.41) is 11.7. The molecule has 1 amide bonds. The fraction of sp³-hybridized carbons (Fsp3) is 0.500. The van der Waals surface area contributed by atoms with Crippen molar-refractivity contribution in [2.75, 3.05) is 25.0 Å². The van der Waals surface area contributed by atoms with Crippen LogP contribution in [0.2, 0.25) is 0 Å². The molecule has 1 saturated heterocycles. The minimum Gasteiger partial charge on any atom is -0.359 e. The van der Waals surface area contributed by atoms with Crippen LogP contribution < -0.4 is 10.2 Å². The van der Waals surface area contributed by atoms with Gasteiger partial charge in [0.2, 0.25) is 5.91 Å². The molecule has 0 aliphatic carbocycles. The quantitative estimate of drug-likeness (QED) is 0.811. The van der Waals surface area contributed by atoms with E-state index in [1.165, 1.54) is 6.20 Å². The summed E-state index contributed by atoms with van der Waals surface area (Å²) in [6.07, 6.45) is 3.80. The van der Waals surface area contributed by atoms with E-state index in [4.69, 9.17) is 5.26 Å². The van der Waals surface area contributed by atoms with Crippen molar-refractivity contribution in [3.63, 3.8) is 0 Å². The normalized spacial score (nSPS) is 22.6. The third-order valence-electron chi connectivity index (χ3n) is 3.33. The molecule has 1 aliphatic heterocycles. The smallest absolute Gasteiger partial charge is 0.227 e. The maximum Gasteiger partial charge on any atom is 0.227 e.